The third kappa shape index (κ3) is 4.26. The molecule has 0 saturated carbocycles. The first kappa shape index (κ1) is 26.9. The van der Waals surface area contributed by atoms with Gasteiger partial charge in [0.2, 0.25) is 0 Å². The molecule has 0 atom stereocenters. The summed E-state index contributed by atoms with van der Waals surface area (Å²) < 4.78 is 2.36. The SMILES string of the molecule is [C-]#[N+]c1cc(-c2ccccc2-n2c3ccccc3c3ccccc32)cc(-c2c3ccccc3c(-c3ccccc3)c3ccccc23)c1. The molecule has 0 bridgehead atoms. The molecule has 2 nitrogen and oxygen atoms in total. The molecule has 0 amide bonds. The molecule has 9 rings (SSSR count). The number of rotatable bonds is 4. The number of aromatic nitrogens is 1. The predicted octanol–water partition coefficient (Wildman–Crippen LogP) is 12.6. The fourth-order valence-electron chi connectivity index (χ4n) is 7.43. The van der Waals surface area contributed by atoms with Gasteiger partial charge in [-0.3, -0.25) is 0 Å². The average molecular weight is 597 g/mol. The Morgan fingerprint density at radius 1 is 0.383 bits per heavy atom. The van der Waals surface area contributed by atoms with Gasteiger partial charge < -0.3 is 4.57 Å². The fraction of sp³-hybridized carbons (Fsp3) is 0. The first-order valence-corrected chi connectivity index (χ1v) is 15.9. The van der Waals surface area contributed by atoms with Crippen molar-refractivity contribution in [3.63, 3.8) is 0 Å². The van der Waals surface area contributed by atoms with Gasteiger partial charge in [-0.25, -0.2) is 4.85 Å². The zero-order valence-electron chi connectivity index (χ0n) is 25.6. The second-order valence-electron chi connectivity index (χ2n) is 12.0. The van der Waals surface area contributed by atoms with Crippen LogP contribution < -0.4 is 0 Å². The van der Waals surface area contributed by atoms with E-state index < -0.39 is 0 Å². The van der Waals surface area contributed by atoms with E-state index in [1.807, 2.05) is 6.07 Å². The summed E-state index contributed by atoms with van der Waals surface area (Å²) in [6.45, 7) is 8.16. The van der Waals surface area contributed by atoms with Crippen LogP contribution in [0.15, 0.2) is 170 Å². The smallest absolute Gasteiger partial charge is 0.188 e. The number of fused-ring (bicyclic) bond motifs is 5. The van der Waals surface area contributed by atoms with Crippen LogP contribution in [0.5, 0.6) is 0 Å². The van der Waals surface area contributed by atoms with Crippen LogP contribution in [-0.4, -0.2) is 4.57 Å². The topological polar surface area (TPSA) is 9.29 Å². The molecule has 0 aliphatic carbocycles. The molecule has 8 aromatic carbocycles. The van der Waals surface area contributed by atoms with Gasteiger partial charge in [-0.2, -0.15) is 0 Å². The highest BCUT2D eigenvalue weighted by atomic mass is 15.0. The van der Waals surface area contributed by atoms with Crippen LogP contribution in [-0.2, 0) is 0 Å². The van der Waals surface area contributed by atoms with E-state index in [2.05, 4.69) is 173 Å². The van der Waals surface area contributed by atoms with Gasteiger partial charge >= 0.3 is 0 Å². The Morgan fingerprint density at radius 2 is 0.830 bits per heavy atom. The minimum atomic E-state index is 0.620. The van der Waals surface area contributed by atoms with Crippen LogP contribution in [0.3, 0.4) is 0 Å². The van der Waals surface area contributed by atoms with Crippen molar-refractivity contribution in [1.82, 2.24) is 4.57 Å². The highest BCUT2D eigenvalue weighted by Gasteiger charge is 2.19. The van der Waals surface area contributed by atoms with Crippen LogP contribution in [0, 0.1) is 6.57 Å². The van der Waals surface area contributed by atoms with Crippen LogP contribution in [0.4, 0.5) is 5.69 Å². The van der Waals surface area contributed by atoms with Crippen molar-refractivity contribution in [2.75, 3.05) is 0 Å². The number of hydrogen-bond acceptors (Lipinski definition) is 0. The normalized spacial score (nSPS) is 11.4. The molecule has 0 spiro atoms. The summed E-state index contributed by atoms with van der Waals surface area (Å²) in [6.07, 6.45) is 0. The van der Waals surface area contributed by atoms with Crippen LogP contribution >= 0.6 is 0 Å². The summed E-state index contributed by atoms with van der Waals surface area (Å²) in [7, 11) is 0. The van der Waals surface area contributed by atoms with E-state index >= 15 is 0 Å². The van der Waals surface area contributed by atoms with Crippen molar-refractivity contribution in [3.05, 3.63) is 181 Å². The Balaban J connectivity index is 1.34. The minimum Gasteiger partial charge on any atom is -0.309 e. The molecule has 1 heterocycles. The molecule has 0 N–H and O–H groups in total. The molecular formula is C45H28N2. The Hall–Kier alpha value is -6.43. The zero-order chi connectivity index (χ0) is 31.3. The predicted molar refractivity (Wildman–Crippen MR) is 198 cm³/mol. The number of nitrogens with zero attached hydrogens (tertiary/aromatic N) is 2. The molecule has 2 heteroatoms. The number of hydrogen-bond donors (Lipinski definition) is 0. The van der Waals surface area contributed by atoms with Crippen LogP contribution in [0.25, 0.3) is 87.3 Å². The van der Waals surface area contributed by atoms with Gasteiger partial charge in [0, 0.05) is 16.3 Å². The first-order valence-electron chi connectivity index (χ1n) is 15.9. The Kier molecular flexibility index (Phi) is 6.23. The van der Waals surface area contributed by atoms with E-state index in [-0.39, 0.29) is 0 Å². The minimum absolute atomic E-state index is 0.620. The van der Waals surface area contributed by atoms with Gasteiger partial charge in [0.05, 0.1) is 23.3 Å². The van der Waals surface area contributed by atoms with Gasteiger partial charge in [0.15, 0.2) is 5.69 Å². The van der Waals surface area contributed by atoms with Crippen molar-refractivity contribution in [2.45, 2.75) is 0 Å². The average Bonchev–Trinajstić information content (AvgIpc) is 3.48. The van der Waals surface area contributed by atoms with E-state index in [9.17, 15) is 0 Å². The quantitative estimate of drug-likeness (QED) is 0.141. The maximum absolute atomic E-state index is 8.16. The van der Waals surface area contributed by atoms with Crippen molar-refractivity contribution in [3.8, 4) is 39.1 Å². The number of para-hydroxylation sites is 3. The maximum Gasteiger partial charge on any atom is 0.188 e. The zero-order valence-corrected chi connectivity index (χ0v) is 25.6. The molecule has 9 aromatic rings. The van der Waals surface area contributed by atoms with Gasteiger partial charge in [0.25, 0.3) is 0 Å². The molecule has 0 unspecified atom stereocenters. The van der Waals surface area contributed by atoms with E-state index in [1.165, 1.54) is 43.4 Å². The highest BCUT2D eigenvalue weighted by Crippen LogP contribution is 2.46. The molecule has 0 fully saturated rings. The molecule has 0 aliphatic heterocycles. The third-order valence-electron chi connectivity index (χ3n) is 9.37. The van der Waals surface area contributed by atoms with E-state index in [0.717, 1.165) is 39.0 Å². The summed E-state index contributed by atoms with van der Waals surface area (Å²) in [5.41, 5.74) is 10.8. The molecule has 0 radical (unpaired) electrons. The number of benzene rings is 8. The van der Waals surface area contributed by atoms with Crippen LogP contribution in [0.1, 0.15) is 0 Å². The van der Waals surface area contributed by atoms with Crippen LogP contribution in [0.2, 0.25) is 0 Å². The summed E-state index contributed by atoms with van der Waals surface area (Å²) in [4.78, 5) is 4.00. The Bertz CT molecular complexity index is 2580. The van der Waals surface area contributed by atoms with Gasteiger partial charge in [-0.05, 0) is 85.8 Å². The lowest BCUT2D eigenvalue weighted by molar-refractivity contribution is 1.18. The monoisotopic (exact) mass is 596 g/mol. The molecule has 0 aliphatic rings. The second kappa shape index (κ2) is 10.9. The van der Waals surface area contributed by atoms with Gasteiger partial charge in [-0.1, -0.05) is 133 Å². The first-order chi connectivity index (χ1) is 23.3. The standard InChI is InChI=1S/C45H28N2/c1-46-33-28-31(34-17-9-12-24-41(34)47-42-25-13-10-18-35(42)36-19-11-14-26-43(36)47)27-32(29-33)45-39-22-7-5-20-37(39)44(30-15-3-2-4-16-30)38-21-6-8-23-40(38)45/h2-29H. The lowest BCUT2D eigenvalue weighted by Gasteiger charge is -2.19. The fourth-order valence-corrected chi connectivity index (χ4v) is 7.43. The molecule has 0 saturated heterocycles. The van der Waals surface area contributed by atoms with Gasteiger partial charge in [-0.15, -0.1) is 0 Å². The second-order valence-corrected chi connectivity index (χ2v) is 12.0. The van der Waals surface area contributed by atoms with E-state index in [0.29, 0.717) is 5.69 Å². The highest BCUT2D eigenvalue weighted by molar-refractivity contribution is 6.21. The van der Waals surface area contributed by atoms with Crippen molar-refractivity contribution < 1.29 is 0 Å². The summed E-state index contributed by atoms with van der Waals surface area (Å²) in [5, 5.41) is 7.21. The molecule has 218 valence electrons. The molecule has 1 aromatic heterocycles. The third-order valence-corrected chi connectivity index (χ3v) is 9.37. The van der Waals surface area contributed by atoms with E-state index in [1.54, 1.807) is 0 Å². The lowest BCUT2D eigenvalue weighted by Crippen LogP contribution is -1.97. The molecule has 47 heavy (non-hydrogen) atoms. The Labute approximate surface area is 273 Å². The molecular weight excluding hydrogens is 569 g/mol. The summed E-state index contributed by atoms with van der Waals surface area (Å²) >= 11 is 0. The lowest BCUT2D eigenvalue weighted by atomic mass is 9.85. The van der Waals surface area contributed by atoms with Gasteiger partial charge in [0.1, 0.15) is 0 Å². The van der Waals surface area contributed by atoms with E-state index in [4.69, 9.17) is 6.57 Å². The van der Waals surface area contributed by atoms with Crippen molar-refractivity contribution >= 4 is 49.0 Å². The summed E-state index contributed by atoms with van der Waals surface area (Å²) in [6, 6.07) is 60.2. The largest absolute Gasteiger partial charge is 0.309 e. The van der Waals surface area contributed by atoms with Crippen molar-refractivity contribution in [1.29, 1.82) is 0 Å². The maximum atomic E-state index is 8.16. The summed E-state index contributed by atoms with van der Waals surface area (Å²) in [5.74, 6) is 0. The Morgan fingerprint density at radius 3 is 1.40 bits per heavy atom. The van der Waals surface area contributed by atoms with Crippen molar-refractivity contribution in [2.24, 2.45) is 0 Å².